The number of aromatic nitrogens is 3. The van der Waals surface area contributed by atoms with Gasteiger partial charge in [-0.3, -0.25) is 9.48 Å². The van der Waals surface area contributed by atoms with Crippen molar-refractivity contribution in [2.24, 2.45) is 7.05 Å². The molecule has 0 spiro atoms. The molecular formula is C13H15ClN4O3S. The van der Waals surface area contributed by atoms with Crippen molar-refractivity contribution in [1.29, 1.82) is 0 Å². The lowest BCUT2D eigenvalue weighted by Gasteiger charge is -2.07. The summed E-state index contributed by atoms with van der Waals surface area (Å²) in [6, 6.07) is 2.63. The molecule has 118 valence electrons. The summed E-state index contributed by atoms with van der Waals surface area (Å²) in [4.78, 5) is 15.7. The highest BCUT2D eigenvalue weighted by Gasteiger charge is 2.21. The van der Waals surface area contributed by atoms with Crippen molar-refractivity contribution >= 4 is 27.5 Å². The monoisotopic (exact) mass is 342 g/mol. The Labute approximate surface area is 133 Å². The summed E-state index contributed by atoms with van der Waals surface area (Å²) in [7, 11) is -2.28. The second kappa shape index (κ2) is 6.05. The first kappa shape index (κ1) is 16.4. The zero-order chi connectivity index (χ0) is 16.5. The molecule has 2 aromatic heterocycles. The molecule has 2 aromatic rings. The maximum atomic E-state index is 12.1. The Morgan fingerprint density at radius 2 is 2.09 bits per heavy atom. The van der Waals surface area contributed by atoms with Crippen LogP contribution < -0.4 is 4.72 Å². The Hall–Kier alpha value is -1.93. The number of carbonyl (C=O) groups excluding carboxylic acids is 1. The van der Waals surface area contributed by atoms with E-state index in [1.54, 1.807) is 18.7 Å². The van der Waals surface area contributed by atoms with Gasteiger partial charge < -0.3 is 0 Å². The number of nitrogens with zero attached hydrogens (tertiary/aromatic N) is 3. The first-order valence-corrected chi connectivity index (χ1v) is 8.23. The van der Waals surface area contributed by atoms with Crippen LogP contribution in [0.3, 0.4) is 0 Å². The predicted molar refractivity (Wildman–Crippen MR) is 81.0 cm³/mol. The molecule has 1 N–H and O–H groups in total. The van der Waals surface area contributed by atoms with E-state index in [4.69, 9.17) is 11.6 Å². The van der Waals surface area contributed by atoms with E-state index in [2.05, 4.69) is 10.1 Å². The van der Waals surface area contributed by atoms with Gasteiger partial charge in [0.1, 0.15) is 0 Å². The number of sulfonamides is 1. The van der Waals surface area contributed by atoms with Crippen LogP contribution in [0.25, 0.3) is 0 Å². The first-order valence-electron chi connectivity index (χ1n) is 6.37. The second-order valence-electron chi connectivity index (χ2n) is 4.79. The van der Waals surface area contributed by atoms with E-state index in [9.17, 15) is 13.2 Å². The molecule has 0 aromatic carbocycles. The molecule has 0 saturated heterocycles. The van der Waals surface area contributed by atoms with Gasteiger partial charge >= 0.3 is 0 Å². The maximum Gasteiger partial charge on any atom is 0.281 e. The fourth-order valence-corrected chi connectivity index (χ4v) is 3.19. The van der Waals surface area contributed by atoms with E-state index in [-0.39, 0.29) is 16.5 Å². The summed E-state index contributed by atoms with van der Waals surface area (Å²) < 4.78 is 27.8. The third-order valence-corrected chi connectivity index (χ3v) is 4.72. The molecule has 0 bridgehead atoms. The van der Waals surface area contributed by atoms with Gasteiger partial charge in [0, 0.05) is 29.5 Å². The summed E-state index contributed by atoms with van der Waals surface area (Å²) in [5.74, 6) is -0.652. The van der Waals surface area contributed by atoms with Crippen molar-refractivity contribution in [2.45, 2.75) is 25.3 Å². The number of hydrogen-bond donors (Lipinski definition) is 1. The molecule has 0 fully saturated rings. The number of nitrogens with one attached hydrogen (secondary N) is 1. The minimum absolute atomic E-state index is 0.0781. The summed E-state index contributed by atoms with van der Waals surface area (Å²) in [6.07, 6.45) is 1.18. The number of pyridine rings is 1. The second-order valence-corrected chi connectivity index (χ2v) is 6.86. The van der Waals surface area contributed by atoms with Gasteiger partial charge in [-0.2, -0.15) is 13.5 Å². The van der Waals surface area contributed by atoms with Crippen LogP contribution in [-0.4, -0.2) is 29.1 Å². The number of aryl methyl sites for hydroxylation is 2. The van der Waals surface area contributed by atoms with Crippen molar-refractivity contribution < 1.29 is 13.2 Å². The normalized spacial score (nSPS) is 11.5. The van der Waals surface area contributed by atoms with E-state index in [0.29, 0.717) is 11.3 Å². The summed E-state index contributed by atoms with van der Waals surface area (Å²) in [5, 5.41) is 4.11. The van der Waals surface area contributed by atoms with Gasteiger partial charge in [0.05, 0.1) is 12.1 Å². The lowest BCUT2D eigenvalue weighted by molar-refractivity contribution is -0.118. The van der Waals surface area contributed by atoms with Gasteiger partial charge in [-0.15, -0.1) is 0 Å². The zero-order valence-corrected chi connectivity index (χ0v) is 13.9. The summed E-state index contributed by atoms with van der Waals surface area (Å²) >= 11 is 5.73. The van der Waals surface area contributed by atoms with Crippen LogP contribution in [0.1, 0.15) is 17.0 Å². The number of carbonyl (C=O) groups is 1. The highest BCUT2D eigenvalue weighted by Crippen LogP contribution is 2.14. The van der Waals surface area contributed by atoms with E-state index >= 15 is 0 Å². The molecule has 0 unspecified atom stereocenters. The highest BCUT2D eigenvalue weighted by atomic mass is 35.5. The molecule has 0 aliphatic heterocycles. The molecule has 0 aliphatic rings. The molecule has 9 heteroatoms. The fourth-order valence-electron chi connectivity index (χ4n) is 2.00. The topological polar surface area (TPSA) is 94.0 Å². The van der Waals surface area contributed by atoms with Crippen LogP contribution in [0.2, 0.25) is 5.02 Å². The third kappa shape index (κ3) is 3.45. The number of halogens is 1. The van der Waals surface area contributed by atoms with Crippen molar-refractivity contribution in [1.82, 2.24) is 19.5 Å². The largest absolute Gasteiger partial charge is 0.281 e. The van der Waals surface area contributed by atoms with E-state index in [1.165, 1.54) is 18.3 Å². The van der Waals surface area contributed by atoms with Crippen LogP contribution >= 0.6 is 11.6 Å². The molecule has 0 aliphatic carbocycles. The SMILES string of the molecule is Cc1nn(C)c(C)c1CC(=O)NS(=O)(=O)c1cc(Cl)ccn1. The number of rotatable bonds is 4. The lowest BCUT2D eigenvalue weighted by atomic mass is 10.1. The molecule has 7 nitrogen and oxygen atoms in total. The summed E-state index contributed by atoms with van der Waals surface area (Å²) in [5.41, 5.74) is 2.20. The van der Waals surface area contributed by atoms with E-state index in [0.717, 1.165) is 5.69 Å². The number of hydrogen-bond acceptors (Lipinski definition) is 5. The van der Waals surface area contributed by atoms with Crippen molar-refractivity contribution in [2.75, 3.05) is 0 Å². The molecule has 0 saturated carbocycles. The van der Waals surface area contributed by atoms with Gasteiger partial charge in [0.15, 0.2) is 5.03 Å². The van der Waals surface area contributed by atoms with Crippen LogP contribution in [0, 0.1) is 13.8 Å². The Balaban J connectivity index is 2.18. The van der Waals surface area contributed by atoms with Gasteiger partial charge in [0.2, 0.25) is 5.91 Å². The fraction of sp³-hybridized carbons (Fsp3) is 0.308. The molecule has 1 amide bonds. The molecule has 0 radical (unpaired) electrons. The average Bonchev–Trinajstić information content (AvgIpc) is 2.65. The molecule has 2 rings (SSSR count). The number of amides is 1. The van der Waals surface area contributed by atoms with Gasteiger partial charge in [-0.25, -0.2) is 9.71 Å². The minimum atomic E-state index is -4.04. The Morgan fingerprint density at radius 3 is 2.64 bits per heavy atom. The Kier molecular flexibility index (Phi) is 4.52. The van der Waals surface area contributed by atoms with Crippen LogP contribution in [0.5, 0.6) is 0 Å². The molecule has 0 atom stereocenters. The van der Waals surface area contributed by atoms with Gasteiger partial charge in [0.25, 0.3) is 10.0 Å². The first-order chi connectivity index (χ1) is 10.2. The van der Waals surface area contributed by atoms with Crippen molar-refractivity contribution in [3.8, 4) is 0 Å². The van der Waals surface area contributed by atoms with Crippen LogP contribution in [-0.2, 0) is 28.3 Å². The quantitative estimate of drug-likeness (QED) is 0.899. The molecule has 2 heterocycles. The van der Waals surface area contributed by atoms with E-state index < -0.39 is 15.9 Å². The average molecular weight is 343 g/mol. The van der Waals surface area contributed by atoms with Crippen molar-refractivity contribution in [3.63, 3.8) is 0 Å². The smallest absolute Gasteiger partial charge is 0.274 e. The third-order valence-electron chi connectivity index (χ3n) is 3.22. The van der Waals surface area contributed by atoms with Crippen LogP contribution in [0.15, 0.2) is 23.4 Å². The lowest BCUT2D eigenvalue weighted by Crippen LogP contribution is -2.32. The predicted octanol–water partition coefficient (Wildman–Crippen LogP) is 1.13. The Morgan fingerprint density at radius 1 is 1.41 bits per heavy atom. The standard InChI is InChI=1S/C13H15ClN4O3S/c1-8-11(9(2)18(3)16-8)7-12(19)17-22(20,21)13-6-10(14)4-5-15-13/h4-6H,7H2,1-3H3,(H,17,19). The van der Waals surface area contributed by atoms with E-state index in [1.807, 2.05) is 11.6 Å². The maximum absolute atomic E-state index is 12.1. The molecular weight excluding hydrogens is 328 g/mol. The summed E-state index contributed by atoms with van der Waals surface area (Å²) in [6.45, 7) is 3.58. The highest BCUT2D eigenvalue weighted by molar-refractivity contribution is 7.90. The van der Waals surface area contributed by atoms with Crippen molar-refractivity contribution in [3.05, 3.63) is 40.3 Å². The van der Waals surface area contributed by atoms with Crippen LogP contribution in [0.4, 0.5) is 0 Å². The molecule has 22 heavy (non-hydrogen) atoms. The Bertz CT molecular complexity index is 830. The van der Waals surface area contributed by atoms with Gasteiger partial charge in [-0.05, 0) is 26.0 Å². The minimum Gasteiger partial charge on any atom is -0.274 e. The zero-order valence-electron chi connectivity index (χ0n) is 12.3. The van der Waals surface area contributed by atoms with Gasteiger partial charge in [-0.1, -0.05) is 11.6 Å².